The van der Waals surface area contributed by atoms with E-state index < -0.39 is 0 Å². The summed E-state index contributed by atoms with van der Waals surface area (Å²) in [5.74, 6) is 0.370. The molecule has 0 heterocycles. The topological polar surface area (TPSA) is 26.3 Å². The van der Waals surface area contributed by atoms with Crippen LogP contribution in [0.2, 0.25) is 0 Å². The average Bonchev–Trinajstić information content (AvgIpc) is 2.18. The number of carbonyl (C=O) groups excluding carboxylic acids is 1. The smallest absolute Gasteiger partial charge is 0.133 e. The molecule has 0 aliphatic heterocycles. The molecule has 1 radical (unpaired) electrons. The van der Waals surface area contributed by atoms with Crippen LogP contribution in [0.3, 0.4) is 0 Å². The van der Waals surface area contributed by atoms with Crippen molar-refractivity contribution in [1.29, 1.82) is 0 Å². The molecule has 2 nitrogen and oxygen atoms in total. The van der Waals surface area contributed by atoms with Gasteiger partial charge >= 0.3 is 0 Å². The van der Waals surface area contributed by atoms with Crippen molar-refractivity contribution in [2.75, 3.05) is 6.61 Å². The summed E-state index contributed by atoms with van der Waals surface area (Å²) >= 11 is 0. The number of Topliss-reactive ketones (excluding diaryl/α,β-unsaturated/α-hetero) is 1. The highest BCUT2D eigenvalue weighted by atomic mass is 16.5. The highest BCUT2D eigenvalue weighted by molar-refractivity contribution is 5.78. The number of unbranched alkanes of at least 4 members (excludes halogenated alkanes) is 2. The lowest BCUT2D eigenvalue weighted by Gasteiger charge is -2.01. The molecule has 0 aromatic rings. The van der Waals surface area contributed by atoms with E-state index in [-0.39, 0.29) is 0 Å². The van der Waals surface area contributed by atoms with E-state index in [1.165, 1.54) is 12.8 Å². The lowest BCUT2D eigenvalue weighted by atomic mass is 10.1. The number of carbonyl (C=O) groups is 1. The zero-order chi connectivity index (χ0) is 10.6. The number of hydrogen-bond donors (Lipinski definition) is 0. The summed E-state index contributed by atoms with van der Waals surface area (Å²) in [7, 11) is 0. The molecule has 0 spiro atoms. The molecule has 0 aliphatic rings. The summed E-state index contributed by atoms with van der Waals surface area (Å²) in [5, 5.41) is 0. The van der Waals surface area contributed by atoms with Gasteiger partial charge in [-0.05, 0) is 19.3 Å². The van der Waals surface area contributed by atoms with Gasteiger partial charge in [0, 0.05) is 19.4 Å². The van der Waals surface area contributed by atoms with E-state index in [1.54, 1.807) is 6.61 Å². The van der Waals surface area contributed by atoms with Gasteiger partial charge in [-0.25, -0.2) is 0 Å². The Morgan fingerprint density at radius 3 is 2.57 bits per heavy atom. The van der Waals surface area contributed by atoms with Crippen LogP contribution in [0.5, 0.6) is 0 Å². The van der Waals surface area contributed by atoms with Gasteiger partial charge in [-0.1, -0.05) is 26.7 Å². The minimum atomic E-state index is 0.370. The molecule has 0 saturated carbocycles. The van der Waals surface area contributed by atoms with Crippen molar-refractivity contribution in [3.8, 4) is 0 Å². The molecule has 14 heavy (non-hydrogen) atoms. The van der Waals surface area contributed by atoms with Crippen LogP contribution in [0.4, 0.5) is 0 Å². The van der Waals surface area contributed by atoms with Crippen LogP contribution in [0, 0.1) is 6.61 Å². The minimum absolute atomic E-state index is 0.370. The Kier molecular flexibility index (Phi) is 10.4. The largest absolute Gasteiger partial charge is 0.376 e. The van der Waals surface area contributed by atoms with Crippen molar-refractivity contribution >= 4 is 5.78 Å². The Morgan fingerprint density at radius 2 is 1.93 bits per heavy atom. The van der Waals surface area contributed by atoms with Crippen molar-refractivity contribution in [2.24, 2.45) is 0 Å². The fourth-order valence-corrected chi connectivity index (χ4v) is 1.20. The first-order chi connectivity index (χ1) is 6.81. The fraction of sp³-hybridized carbons (Fsp3) is 0.833. The summed E-state index contributed by atoms with van der Waals surface area (Å²) in [6.07, 6.45) is 6.58. The SMILES string of the molecule is CCCCCC(=O)CC[CH]OCCC. The first-order valence-corrected chi connectivity index (χ1v) is 5.76. The van der Waals surface area contributed by atoms with Crippen molar-refractivity contribution < 1.29 is 9.53 Å². The molecular formula is C12H23O2. The predicted molar refractivity (Wildman–Crippen MR) is 58.9 cm³/mol. The summed E-state index contributed by atoms with van der Waals surface area (Å²) in [6, 6.07) is 0. The molecule has 0 saturated heterocycles. The molecule has 83 valence electrons. The molecule has 0 aliphatic carbocycles. The van der Waals surface area contributed by atoms with Crippen LogP contribution in [0.1, 0.15) is 58.8 Å². The van der Waals surface area contributed by atoms with E-state index in [9.17, 15) is 4.79 Å². The van der Waals surface area contributed by atoms with Crippen LogP contribution < -0.4 is 0 Å². The standard InChI is InChI=1S/C12H23O2/c1-3-5-6-8-12(13)9-7-11-14-10-4-2/h11H,3-10H2,1-2H3. The van der Waals surface area contributed by atoms with E-state index in [2.05, 4.69) is 13.8 Å². The molecule has 0 aromatic heterocycles. The predicted octanol–water partition coefficient (Wildman–Crippen LogP) is 3.50. The number of hydrogen-bond acceptors (Lipinski definition) is 2. The van der Waals surface area contributed by atoms with E-state index in [0.29, 0.717) is 12.2 Å². The summed E-state index contributed by atoms with van der Waals surface area (Å²) in [5.41, 5.74) is 0. The molecule has 0 amide bonds. The van der Waals surface area contributed by atoms with E-state index in [4.69, 9.17) is 4.74 Å². The maximum atomic E-state index is 11.3. The fourth-order valence-electron chi connectivity index (χ4n) is 1.20. The second-order valence-electron chi connectivity index (χ2n) is 3.57. The molecule has 0 fully saturated rings. The maximum absolute atomic E-state index is 11.3. The lowest BCUT2D eigenvalue weighted by molar-refractivity contribution is -0.119. The number of rotatable bonds is 10. The Bertz CT molecular complexity index is 132. The Hall–Kier alpha value is -0.370. The van der Waals surface area contributed by atoms with E-state index in [1.807, 2.05) is 0 Å². The Labute approximate surface area is 88.0 Å². The zero-order valence-electron chi connectivity index (χ0n) is 9.55. The van der Waals surface area contributed by atoms with E-state index >= 15 is 0 Å². The van der Waals surface area contributed by atoms with E-state index in [0.717, 1.165) is 32.3 Å². The van der Waals surface area contributed by atoms with Gasteiger partial charge in [0.25, 0.3) is 0 Å². The monoisotopic (exact) mass is 199 g/mol. The van der Waals surface area contributed by atoms with Crippen LogP contribution in [0.25, 0.3) is 0 Å². The van der Waals surface area contributed by atoms with Gasteiger partial charge in [-0.3, -0.25) is 4.79 Å². The van der Waals surface area contributed by atoms with Crippen molar-refractivity contribution in [2.45, 2.75) is 58.8 Å². The number of ketones is 1. The Morgan fingerprint density at radius 1 is 1.14 bits per heavy atom. The van der Waals surface area contributed by atoms with Gasteiger partial charge in [0.1, 0.15) is 5.78 Å². The summed E-state index contributed by atoms with van der Waals surface area (Å²) in [4.78, 5) is 11.3. The summed E-state index contributed by atoms with van der Waals surface area (Å²) in [6.45, 7) is 6.76. The second kappa shape index (κ2) is 10.7. The molecular weight excluding hydrogens is 176 g/mol. The van der Waals surface area contributed by atoms with Crippen molar-refractivity contribution in [1.82, 2.24) is 0 Å². The van der Waals surface area contributed by atoms with Crippen LogP contribution in [0.15, 0.2) is 0 Å². The summed E-state index contributed by atoms with van der Waals surface area (Å²) < 4.78 is 5.18. The highest BCUT2D eigenvalue weighted by Gasteiger charge is 2.01. The molecule has 0 N–H and O–H groups in total. The third-order valence-corrected chi connectivity index (χ3v) is 2.04. The Balaban J connectivity index is 3.10. The van der Waals surface area contributed by atoms with Crippen molar-refractivity contribution in [3.63, 3.8) is 0 Å². The molecule has 0 unspecified atom stereocenters. The maximum Gasteiger partial charge on any atom is 0.133 e. The second-order valence-corrected chi connectivity index (χ2v) is 3.57. The number of ether oxygens (including phenoxy) is 1. The molecule has 0 aromatic carbocycles. The average molecular weight is 199 g/mol. The first-order valence-electron chi connectivity index (χ1n) is 5.76. The molecule has 0 bridgehead atoms. The normalized spacial score (nSPS) is 10.4. The van der Waals surface area contributed by atoms with Crippen molar-refractivity contribution in [3.05, 3.63) is 6.61 Å². The van der Waals surface area contributed by atoms with Crippen LogP contribution in [-0.4, -0.2) is 12.4 Å². The minimum Gasteiger partial charge on any atom is -0.376 e. The lowest BCUT2D eigenvalue weighted by Crippen LogP contribution is -1.99. The van der Waals surface area contributed by atoms with Gasteiger partial charge in [0.2, 0.25) is 0 Å². The quantitative estimate of drug-likeness (QED) is 0.503. The third kappa shape index (κ3) is 9.72. The third-order valence-electron chi connectivity index (χ3n) is 2.04. The van der Waals surface area contributed by atoms with Gasteiger partial charge in [0.05, 0.1) is 6.61 Å². The zero-order valence-corrected chi connectivity index (χ0v) is 9.55. The van der Waals surface area contributed by atoms with Gasteiger partial charge in [-0.15, -0.1) is 0 Å². The van der Waals surface area contributed by atoms with Gasteiger partial charge < -0.3 is 4.74 Å². The van der Waals surface area contributed by atoms with Gasteiger partial charge in [-0.2, -0.15) is 0 Å². The molecule has 2 heteroatoms. The molecule has 0 atom stereocenters. The highest BCUT2D eigenvalue weighted by Crippen LogP contribution is 2.05. The van der Waals surface area contributed by atoms with Crippen LogP contribution >= 0.6 is 0 Å². The first kappa shape index (κ1) is 13.6. The molecule has 0 rings (SSSR count). The van der Waals surface area contributed by atoms with Crippen LogP contribution in [-0.2, 0) is 9.53 Å². The van der Waals surface area contributed by atoms with Gasteiger partial charge in [0.15, 0.2) is 0 Å².